The van der Waals surface area contributed by atoms with Crippen LogP contribution in [0.2, 0.25) is 0 Å². The number of nitrogens with zero attached hydrogens (tertiary/aromatic N) is 5. The summed E-state index contributed by atoms with van der Waals surface area (Å²) in [5, 5.41) is 6.07. The first kappa shape index (κ1) is 12.9. The van der Waals surface area contributed by atoms with Crippen LogP contribution in [0.4, 0.5) is 0 Å². The molecule has 20 heavy (non-hydrogen) atoms. The first-order valence-electron chi connectivity index (χ1n) is 6.24. The number of amides is 1. The number of aryl methyl sites for hydroxylation is 1. The van der Waals surface area contributed by atoms with Gasteiger partial charge in [-0.2, -0.15) is 5.10 Å². The van der Waals surface area contributed by atoms with Crippen LogP contribution in [0, 0.1) is 0 Å². The van der Waals surface area contributed by atoms with Crippen LogP contribution in [0.15, 0.2) is 30.2 Å². The summed E-state index contributed by atoms with van der Waals surface area (Å²) in [7, 11) is 3.66. The molecule has 104 valence electrons. The fraction of sp³-hybridized carbons (Fsp3) is 0.308. The summed E-state index contributed by atoms with van der Waals surface area (Å²) in [6.45, 7) is 0.564. The third-order valence-electron chi connectivity index (χ3n) is 3.08. The zero-order valence-electron chi connectivity index (χ0n) is 11.4. The lowest BCUT2D eigenvalue weighted by molar-refractivity contribution is -0.129. The summed E-state index contributed by atoms with van der Waals surface area (Å²) in [6, 6.07) is 0. The smallest absolute Gasteiger partial charge is 0.228 e. The number of aromatic nitrogens is 4. The van der Waals surface area contributed by atoms with E-state index in [-0.39, 0.29) is 5.91 Å². The van der Waals surface area contributed by atoms with Crippen molar-refractivity contribution in [3.8, 4) is 0 Å². The first-order valence-corrected chi connectivity index (χ1v) is 7.12. The molecule has 0 fully saturated rings. The van der Waals surface area contributed by atoms with Gasteiger partial charge in [-0.1, -0.05) is 0 Å². The SMILES string of the molecule is CN(Cc1cnn(C)c1)C(=O)Cc1cn2ccsc2n1. The Labute approximate surface area is 120 Å². The topological polar surface area (TPSA) is 55.4 Å². The molecule has 1 amide bonds. The van der Waals surface area contributed by atoms with E-state index in [1.54, 1.807) is 34.2 Å². The van der Waals surface area contributed by atoms with Crippen LogP contribution in [0.3, 0.4) is 0 Å². The molecule has 3 rings (SSSR count). The minimum absolute atomic E-state index is 0.0552. The van der Waals surface area contributed by atoms with E-state index in [0.29, 0.717) is 13.0 Å². The number of thiazole rings is 1. The Morgan fingerprint density at radius 1 is 1.45 bits per heavy atom. The van der Waals surface area contributed by atoms with E-state index >= 15 is 0 Å². The molecule has 0 radical (unpaired) electrons. The van der Waals surface area contributed by atoms with Gasteiger partial charge in [0, 0.05) is 50.2 Å². The number of hydrogen-bond donors (Lipinski definition) is 0. The van der Waals surface area contributed by atoms with E-state index in [1.807, 2.05) is 35.4 Å². The summed E-state index contributed by atoms with van der Waals surface area (Å²) >= 11 is 1.56. The molecule has 0 saturated carbocycles. The minimum Gasteiger partial charge on any atom is -0.341 e. The van der Waals surface area contributed by atoms with Crippen LogP contribution in [0.1, 0.15) is 11.3 Å². The van der Waals surface area contributed by atoms with E-state index in [9.17, 15) is 4.79 Å². The first-order chi connectivity index (χ1) is 9.61. The van der Waals surface area contributed by atoms with Gasteiger partial charge in [-0.15, -0.1) is 11.3 Å². The summed E-state index contributed by atoms with van der Waals surface area (Å²) in [5.74, 6) is 0.0552. The van der Waals surface area contributed by atoms with Gasteiger partial charge < -0.3 is 4.90 Å². The third-order valence-corrected chi connectivity index (χ3v) is 3.85. The number of hydrogen-bond acceptors (Lipinski definition) is 4. The predicted octanol–water partition coefficient (Wildman–Crippen LogP) is 1.33. The number of carbonyl (C=O) groups excluding carboxylic acids is 1. The highest BCUT2D eigenvalue weighted by molar-refractivity contribution is 7.15. The normalized spacial score (nSPS) is 11.1. The van der Waals surface area contributed by atoms with Crippen molar-refractivity contribution in [2.75, 3.05) is 7.05 Å². The molecule has 0 aliphatic heterocycles. The third kappa shape index (κ3) is 2.57. The number of likely N-dealkylation sites (N-methyl/N-ethyl adjacent to an activating group) is 1. The van der Waals surface area contributed by atoms with Crippen LogP contribution in [-0.4, -0.2) is 37.0 Å². The summed E-state index contributed by atoms with van der Waals surface area (Å²) in [5.41, 5.74) is 1.83. The average Bonchev–Trinajstić information content (AvgIpc) is 3.05. The lowest BCUT2D eigenvalue weighted by Crippen LogP contribution is -2.27. The van der Waals surface area contributed by atoms with Crippen LogP contribution in [-0.2, 0) is 24.8 Å². The minimum atomic E-state index is 0.0552. The van der Waals surface area contributed by atoms with Crippen molar-refractivity contribution in [2.45, 2.75) is 13.0 Å². The summed E-state index contributed by atoms with van der Waals surface area (Å²) < 4.78 is 3.67. The molecule has 0 aromatic carbocycles. The molecule has 0 saturated heterocycles. The molecule has 0 aliphatic carbocycles. The second-order valence-corrected chi connectivity index (χ2v) is 5.65. The van der Waals surface area contributed by atoms with Crippen molar-refractivity contribution in [1.82, 2.24) is 24.1 Å². The average molecular weight is 289 g/mol. The lowest BCUT2D eigenvalue weighted by Gasteiger charge is -2.15. The van der Waals surface area contributed by atoms with E-state index in [4.69, 9.17) is 0 Å². The van der Waals surface area contributed by atoms with Crippen molar-refractivity contribution in [3.05, 3.63) is 41.4 Å². The number of imidazole rings is 1. The highest BCUT2D eigenvalue weighted by Crippen LogP contribution is 2.12. The van der Waals surface area contributed by atoms with E-state index in [2.05, 4.69) is 10.1 Å². The molecule has 0 spiro atoms. The van der Waals surface area contributed by atoms with Crippen LogP contribution >= 0.6 is 11.3 Å². The van der Waals surface area contributed by atoms with Crippen LogP contribution < -0.4 is 0 Å². The van der Waals surface area contributed by atoms with Crippen molar-refractivity contribution in [1.29, 1.82) is 0 Å². The number of fused-ring (bicyclic) bond motifs is 1. The van der Waals surface area contributed by atoms with Gasteiger partial charge in [0.2, 0.25) is 5.91 Å². The van der Waals surface area contributed by atoms with Gasteiger partial charge in [0.1, 0.15) is 0 Å². The van der Waals surface area contributed by atoms with Crippen molar-refractivity contribution in [3.63, 3.8) is 0 Å². The predicted molar refractivity (Wildman–Crippen MR) is 76.5 cm³/mol. The van der Waals surface area contributed by atoms with Gasteiger partial charge in [0.15, 0.2) is 4.96 Å². The Kier molecular flexibility index (Phi) is 3.27. The van der Waals surface area contributed by atoms with Gasteiger partial charge >= 0.3 is 0 Å². The second-order valence-electron chi connectivity index (χ2n) is 4.77. The van der Waals surface area contributed by atoms with Gasteiger partial charge in [-0.05, 0) is 0 Å². The number of rotatable bonds is 4. The Bertz CT molecular complexity index is 712. The van der Waals surface area contributed by atoms with Gasteiger partial charge in [-0.25, -0.2) is 4.98 Å². The van der Waals surface area contributed by atoms with Gasteiger partial charge in [0.05, 0.1) is 18.3 Å². The van der Waals surface area contributed by atoms with Gasteiger partial charge in [0.25, 0.3) is 0 Å². The molecular weight excluding hydrogens is 274 g/mol. The van der Waals surface area contributed by atoms with Crippen molar-refractivity contribution in [2.24, 2.45) is 7.05 Å². The number of carbonyl (C=O) groups is 1. The molecule has 6 nitrogen and oxygen atoms in total. The summed E-state index contributed by atoms with van der Waals surface area (Å²) in [4.78, 5) is 19.2. The standard InChI is InChI=1S/C13H15N5OS/c1-16(7-10-6-14-17(2)8-10)12(19)5-11-9-18-3-4-20-13(18)15-11/h3-4,6,8-9H,5,7H2,1-2H3. The van der Waals surface area contributed by atoms with E-state index in [0.717, 1.165) is 16.2 Å². The lowest BCUT2D eigenvalue weighted by atomic mass is 10.2. The molecule has 0 N–H and O–H groups in total. The molecule has 0 atom stereocenters. The molecule has 0 aliphatic rings. The monoisotopic (exact) mass is 289 g/mol. The van der Waals surface area contributed by atoms with E-state index < -0.39 is 0 Å². The molecule has 3 heterocycles. The highest BCUT2D eigenvalue weighted by Gasteiger charge is 2.13. The summed E-state index contributed by atoms with van der Waals surface area (Å²) in [6.07, 6.45) is 7.86. The zero-order chi connectivity index (χ0) is 14.1. The van der Waals surface area contributed by atoms with Crippen molar-refractivity contribution >= 4 is 22.2 Å². The Balaban J connectivity index is 1.64. The molecule has 3 aromatic heterocycles. The fourth-order valence-electron chi connectivity index (χ4n) is 2.07. The Hall–Kier alpha value is -2.15. The fourth-order valence-corrected chi connectivity index (χ4v) is 2.79. The molecule has 7 heteroatoms. The maximum absolute atomic E-state index is 12.2. The second kappa shape index (κ2) is 5.09. The molecule has 3 aromatic rings. The van der Waals surface area contributed by atoms with Crippen LogP contribution in [0.25, 0.3) is 4.96 Å². The molecular formula is C13H15N5OS. The maximum Gasteiger partial charge on any atom is 0.228 e. The zero-order valence-corrected chi connectivity index (χ0v) is 12.2. The van der Waals surface area contributed by atoms with Crippen molar-refractivity contribution < 1.29 is 4.79 Å². The molecule has 0 unspecified atom stereocenters. The maximum atomic E-state index is 12.2. The Morgan fingerprint density at radius 2 is 2.30 bits per heavy atom. The highest BCUT2D eigenvalue weighted by atomic mass is 32.1. The van der Waals surface area contributed by atoms with E-state index in [1.165, 1.54) is 0 Å². The van der Waals surface area contributed by atoms with Gasteiger partial charge in [-0.3, -0.25) is 13.9 Å². The largest absolute Gasteiger partial charge is 0.341 e. The van der Waals surface area contributed by atoms with Crippen LogP contribution in [0.5, 0.6) is 0 Å². The Morgan fingerprint density at radius 3 is 3.00 bits per heavy atom. The molecule has 0 bridgehead atoms. The quantitative estimate of drug-likeness (QED) is 0.728.